The van der Waals surface area contributed by atoms with Gasteiger partial charge in [0, 0.05) is 7.11 Å². The summed E-state index contributed by atoms with van der Waals surface area (Å²) in [7, 11) is -2.05. The first-order chi connectivity index (χ1) is 9.95. The average molecular weight is 309 g/mol. The van der Waals surface area contributed by atoms with Crippen molar-refractivity contribution in [2.75, 3.05) is 18.4 Å². The Morgan fingerprint density at radius 2 is 2.00 bits per heavy atom. The Kier molecular flexibility index (Phi) is 4.64. The van der Waals surface area contributed by atoms with Crippen molar-refractivity contribution in [3.05, 3.63) is 41.2 Å². The zero-order chi connectivity index (χ0) is 15.5. The van der Waals surface area contributed by atoms with Crippen LogP contribution in [0.1, 0.15) is 17.0 Å². The van der Waals surface area contributed by atoms with Crippen molar-refractivity contribution in [2.45, 2.75) is 25.2 Å². The zero-order valence-corrected chi connectivity index (χ0v) is 13.1. The Morgan fingerprint density at radius 3 is 2.62 bits per heavy atom. The minimum absolute atomic E-state index is 0.198. The summed E-state index contributed by atoms with van der Waals surface area (Å²) in [6.07, 6.45) is 0.637. The first kappa shape index (κ1) is 15.5. The normalized spacial score (nSPS) is 11.6. The number of ether oxygens (including phenoxy) is 1. The molecule has 6 nitrogen and oxygen atoms in total. The molecule has 2 rings (SSSR count). The van der Waals surface area contributed by atoms with Gasteiger partial charge >= 0.3 is 0 Å². The molecule has 2 aromatic rings. The molecule has 0 amide bonds. The standard InChI is InChI=1S/C14H19N3O3S/c1-10-14(11(2)16-15-10)21(18,19)17-13-7-5-4-6-12(13)8-9-20-3/h4-7,17H,8-9H2,1-3H3,(H,15,16). The second-order valence-electron chi connectivity index (χ2n) is 4.77. The fourth-order valence-corrected chi connectivity index (χ4v) is 3.66. The van der Waals surface area contributed by atoms with Gasteiger partial charge in [-0.25, -0.2) is 8.42 Å². The van der Waals surface area contributed by atoms with Gasteiger partial charge < -0.3 is 4.74 Å². The number of nitrogens with one attached hydrogen (secondary N) is 2. The first-order valence-corrected chi connectivity index (χ1v) is 8.05. The molecule has 0 aliphatic heterocycles. The van der Waals surface area contributed by atoms with Gasteiger partial charge in [-0.2, -0.15) is 5.10 Å². The van der Waals surface area contributed by atoms with Crippen molar-refractivity contribution in [2.24, 2.45) is 0 Å². The fourth-order valence-electron chi connectivity index (χ4n) is 2.18. The molecule has 0 aliphatic rings. The number of aryl methyl sites for hydroxylation is 2. The molecule has 0 fully saturated rings. The van der Waals surface area contributed by atoms with Crippen LogP contribution in [0.25, 0.3) is 0 Å². The van der Waals surface area contributed by atoms with E-state index in [1.54, 1.807) is 33.1 Å². The summed E-state index contributed by atoms with van der Waals surface area (Å²) in [5.41, 5.74) is 2.43. The Morgan fingerprint density at radius 1 is 1.29 bits per heavy atom. The predicted octanol–water partition coefficient (Wildman–Crippen LogP) is 2.02. The second-order valence-corrected chi connectivity index (χ2v) is 6.39. The van der Waals surface area contributed by atoms with Gasteiger partial charge in [-0.1, -0.05) is 18.2 Å². The molecule has 0 bridgehead atoms. The minimum atomic E-state index is -3.66. The van der Waals surface area contributed by atoms with E-state index in [1.165, 1.54) is 0 Å². The number of methoxy groups -OCH3 is 1. The van der Waals surface area contributed by atoms with E-state index in [1.807, 2.05) is 12.1 Å². The number of hydrogen-bond donors (Lipinski definition) is 2. The van der Waals surface area contributed by atoms with Crippen LogP contribution in [-0.2, 0) is 21.2 Å². The summed E-state index contributed by atoms with van der Waals surface area (Å²) < 4.78 is 32.7. The van der Waals surface area contributed by atoms with E-state index in [9.17, 15) is 8.42 Å². The molecular weight excluding hydrogens is 290 g/mol. The van der Waals surface area contributed by atoms with Crippen LogP contribution in [0.4, 0.5) is 5.69 Å². The molecule has 0 radical (unpaired) electrons. The monoisotopic (exact) mass is 309 g/mol. The molecular formula is C14H19N3O3S. The van der Waals surface area contributed by atoms with Crippen molar-refractivity contribution in [3.63, 3.8) is 0 Å². The Hall–Kier alpha value is -1.86. The summed E-state index contributed by atoms with van der Waals surface area (Å²) in [6, 6.07) is 7.29. The molecule has 114 valence electrons. The molecule has 0 saturated carbocycles. The summed E-state index contributed by atoms with van der Waals surface area (Å²) in [6.45, 7) is 3.88. The summed E-state index contributed by atoms with van der Waals surface area (Å²) in [5.74, 6) is 0. The lowest BCUT2D eigenvalue weighted by atomic mass is 10.1. The van der Waals surface area contributed by atoms with Crippen LogP contribution in [0.3, 0.4) is 0 Å². The number of benzene rings is 1. The van der Waals surface area contributed by atoms with Crippen LogP contribution < -0.4 is 4.72 Å². The summed E-state index contributed by atoms with van der Waals surface area (Å²) in [4.78, 5) is 0.198. The smallest absolute Gasteiger partial charge is 0.265 e. The van der Waals surface area contributed by atoms with E-state index < -0.39 is 10.0 Å². The highest BCUT2D eigenvalue weighted by Crippen LogP contribution is 2.23. The number of anilines is 1. The van der Waals surface area contributed by atoms with E-state index in [4.69, 9.17) is 4.74 Å². The molecule has 0 aliphatic carbocycles. The maximum absolute atomic E-state index is 12.5. The zero-order valence-electron chi connectivity index (χ0n) is 12.3. The average Bonchev–Trinajstić information content (AvgIpc) is 2.77. The molecule has 1 heterocycles. The van der Waals surface area contributed by atoms with Crippen molar-refractivity contribution in [1.82, 2.24) is 10.2 Å². The van der Waals surface area contributed by atoms with Gasteiger partial charge in [-0.15, -0.1) is 0 Å². The van der Waals surface area contributed by atoms with E-state index in [0.29, 0.717) is 30.1 Å². The van der Waals surface area contributed by atoms with Gasteiger partial charge in [0.15, 0.2) is 0 Å². The number of aromatic nitrogens is 2. The van der Waals surface area contributed by atoms with Gasteiger partial charge in [0.2, 0.25) is 0 Å². The molecule has 0 atom stereocenters. The Labute approximate surface area is 124 Å². The SMILES string of the molecule is COCCc1ccccc1NS(=O)(=O)c1c(C)n[nH]c1C. The second kappa shape index (κ2) is 6.28. The van der Waals surface area contributed by atoms with E-state index in [0.717, 1.165) is 5.56 Å². The highest BCUT2D eigenvalue weighted by molar-refractivity contribution is 7.92. The quantitative estimate of drug-likeness (QED) is 0.855. The summed E-state index contributed by atoms with van der Waals surface area (Å²) >= 11 is 0. The number of sulfonamides is 1. The lowest BCUT2D eigenvalue weighted by Gasteiger charge is -2.12. The molecule has 0 unspecified atom stereocenters. The third kappa shape index (κ3) is 3.43. The maximum atomic E-state index is 12.5. The van der Waals surface area contributed by atoms with Crippen LogP contribution in [0, 0.1) is 13.8 Å². The number of rotatable bonds is 6. The molecule has 0 spiro atoms. The largest absolute Gasteiger partial charge is 0.384 e. The molecule has 21 heavy (non-hydrogen) atoms. The third-order valence-electron chi connectivity index (χ3n) is 3.17. The lowest BCUT2D eigenvalue weighted by molar-refractivity contribution is 0.202. The van der Waals surface area contributed by atoms with Crippen LogP contribution in [0.5, 0.6) is 0 Å². The van der Waals surface area contributed by atoms with E-state index in [-0.39, 0.29) is 4.90 Å². The molecule has 1 aromatic heterocycles. The first-order valence-electron chi connectivity index (χ1n) is 6.57. The molecule has 0 saturated heterocycles. The van der Waals surface area contributed by atoms with Crippen molar-refractivity contribution >= 4 is 15.7 Å². The molecule has 1 aromatic carbocycles. The van der Waals surface area contributed by atoms with Gasteiger partial charge in [0.05, 0.1) is 23.7 Å². The summed E-state index contributed by atoms with van der Waals surface area (Å²) in [5, 5.41) is 6.62. The van der Waals surface area contributed by atoms with Crippen molar-refractivity contribution in [1.29, 1.82) is 0 Å². The van der Waals surface area contributed by atoms with Crippen LogP contribution in [0.15, 0.2) is 29.2 Å². The van der Waals surface area contributed by atoms with E-state index >= 15 is 0 Å². The van der Waals surface area contributed by atoms with Gasteiger partial charge in [0.1, 0.15) is 4.90 Å². The van der Waals surface area contributed by atoms with Crippen LogP contribution in [-0.4, -0.2) is 32.3 Å². The number of H-pyrrole nitrogens is 1. The number of para-hydroxylation sites is 1. The third-order valence-corrected chi connectivity index (χ3v) is 4.79. The van der Waals surface area contributed by atoms with Crippen molar-refractivity contribution < 1.29 is 13.2 Å². The maximum Gasteiger partial charge on any atom is 0.265 e. The van der Waals surface area contributed by atoms with Crippen LogP contribution in [0.2, 0.25) is 0 Å². The number of hydrogen-bond acceptors (Lipinski definition) is 4. The topological polar surface area (TPSA) is 84.1 Å². The lowest BCUT2D eigenvalue weighted by Crippen LogP contribution is -2.16. The Balaban J connectivity index is 2.33. The van der Waals surface area contributed by atoms with Crippen LogP contribution >= 0.6 is 0 Å². The molecule has 7 heteroatoms. The van der Waals surface area contributed by atoms with E-state index in [2.05, 4.69) is 14.9 Å². The van der Waals surface area contributed by atoms with Crippen molar-refractivity contribution in [3.8, 4) is 0 Å². The fraction of sp³-hybridized carbons (Fsp3) is 0.357. The number of aromatic amines is 1. The Bertz CT molecular complexity index is 703. The minimum Gasteiger partial charge on any atom is -0.384 e. The number of nitrogens with zero attached hydrogens (tertiary/aromatic N) is 1. The van der Waals surface area contributed by atoms with Gasteiger partial charge in [-0.3, -0.25) is 9.82 Å². The molecule has 2 N–H and O–H groups in total. The predicted molar refractivity (Wildman–Crippen MR) is 80.9 cm³/mol. The van der Waals surface area contributed by atoms with Gasteiger partial charge in [-0.05, 0) is 31.9 Å². The van der Waals surface area contributed by atoms with Gasteiger partial charge in [0.25, 0.3) is 10.0 Å². The highest BCUT2D eigenvalue weighted by Gasteiger charge is 2.23. The highest BCUT2D eigenvalue weighted by atomic mass is 32.2.